The second-order valence-electron chi connectivity index (χ2n) is 4.51. The second kappa shape index (κ2) is 7.63. The van der Waals surface area contributed by atoms with Gasteiger partial charge in [-0.05, 0) is 26.7 Å². The van der Waals surface area contributed by atoms with Crippen molar-refractivity contribution >= 4 is 5.91 Å². The third kappa shape index (κ3) is 5.02. The molecule has 17 heavy (non-hydrogen) atoms. The predicted molar refractivity (Wildman–Crippen MR) is 65.9 cm³/mol. The van der Waals surface area contributed by atoms with Crippen LogP contribution >= 0.6 is 0 Å². The Hall–Kier alpha value is -0.650. The monoisotopic (exact) mass is 244 g/mol. The number of carbonyl (C=O) groups is 1. The van der Waals surface area contributed by atoms with Crippen LogP contribution in [0.15, 0.2) is 0 Å². The van der Waals surface area contributed by atoms with Crippen molar-refractivity contribution in [1.82, 2.24) is 10.6 Å². The van der Waals surface area contributed by atoms with E-state index < -0.39 is 0 Å². The molecule has 1 fully saturated rings. The molecule has 0 spiro atoms. The number of hydrogen-bond donors (Lipinski definition) is 2. The van der Waals surface area contributed by atoms with Crippen LogP contribution in [0.1, 0.15) is 26.7 Å². The first-order valence-electron chi connectivity index (χ1n) is 6.29. The van der Waals surface area contributed by atoms with E-state index in [2.05, 4.69) is 17.6 Å². The van der Waals surface area contributed by atoms with Gasteiger partial charge in [-0.3, -0.25) is 4.79 Å². The molecule has 0 saturated carbocycles. The molecule has 0 bridgehead atoms. The Morgan fingerprint density at radius 1 is 1.53 bits per heavy atom. The quantitative estimate of drug-likeness (QED) is 0.632. The van der Waals surface area contributed by atoms with Crippen LogP contribution in [0.25, 0.3) is 0 Å². The van der Waals surface area contributed by atoms with Gasteiger partial charge in [0.1, 0.15) is 0 Å². The predicted octanol–water partition coefficient (Wildman–Crippen LogP) is 0.295. The van der Waals surface area contributed by atoms with E-state index in [1.54, 1.807) is 7.11 Å². The minimum absolute atomic E-state index is 0.00639. The number of methoxy groups -OCH3 is 1. The fourth-order valence-corrected chi connectivity index (χ4v) is 2.00. The van der Waals surface area contributed by atoms with Crippen LogP contribution in [-0.4, -0.2) is 51.0 Å². The Morgan fingerprint density at radius 3 is 2.88 bits per heavy atom. The topological polar surface area (TPSA) is 59.6 Å². The summed E-state index contributed by atoms with van der Waals surface area (Å²) in [6.45, 7) is 5.86. The molecule has 0 aliphatic carbocycles. The number of ether oxygens (including phenoxy) is 2. The van der Waals surface area contributed by atoms with Crippen molar-refractivity contribution in [3.63, 3.8) is 0 Å². The van der Waals surface area contributed by atoms with Crippen LogP contribution in [-0.2, 0) is 14.3 Å². The second-order valence-corrected chi connectivity index (χ2v) is 4.51. The standard InChI is InChI=1S/C12H24N2O3/c1-9(11-5-4-7-17-11)14-10(2)12(15)13-6-8-16-3/h9-11,14H,4-8H2,1-3H3,(H,13,15). The van der Waals surface area contributed by atoms with Crippen molar-refractivity contribution in [2.75, 3.05) is 26.9 Å². The molecule has 0 aromatic heterocycles. The Labute approximate surface area is 103 Å². The fourth-order valence-electron chi connectivity index (χ4n) is 2.00. The Bertz CT molecular complexity index is 230. The lowest BCUT2D eigenvalue weighted by molar-refractivity contribution is -0.123. The largest absolute Gasteiger partial charge is 0.383 e. The van der Waals surface area contributed by atoms with Crippen LogP contribution in [0.4, 0.5) is 0 Å². The number of rotatable bonds is 7. The molecule has 5 nitrogen and oxygen atoms in total. The minimum atomic E-state index is -0.203. The Kier molecular flexibility index (Phi) is 6.47. The number of nitrogens with one attached hydrogen (secondary N) is 2. The summed E-state index contributed by atoms with van der Waals surface area (Å²) in [5, 5.41) is 6.08. The van der Waals surface area contributed by atoms with Crippen LogP contribution in [0.2, 0.25) is 0 Å². The summed E-state index contributed by atoms with van der Waals surface area (Å²) in [6, 6.07) is 0.00623. The Balaban J connectivity index is 2.22. The molecule has 1 saturated heterocycles. The van der Waals surface area contributed by atoms with Crippen LogP contribution in [0, 0.1) is 0 Å². The molecule has 0 radical (unpaired) electrons. The van der Waals surface area contributed by atoms with Crippen molar-refractivity contribution in [3.05, 3.63) is 0 Å². The summed E-state index contributed by atoms with van der Waals surface area (Å²) < 4.78 is 10.5. The van der Waals surface area contributed by atoms with E-state index in [0.29, 0.717) is 13.2 Å². The molecule has 1 aliphatic heterocycles. The zero-order chi connectivity index (χ0) is 12.7. The van der Waals surface area contributed by atoms with E-state index in [1.807, 2.05) is 6.92 Å². The zero-order valence-electron chi connectivity index (χ0n) is 11.0. The summed E-state index contributed by atoms with van der Waals surface area (Å²) in [4.78, 5) is 11.7. The average Bonchev–Trinajstić information content (AvgIpc) is 2.82. The molecule has 0 aromatic rings. The molecule has 3 unspecified atom stereocenters. The third-order valence-electron chi connectivity index (χ3n) is 3.03. The van der Waals surface area contributed by atoms with Gasteiger partial charge >= 0.3 is 0 Å². The molecular weight excluding hydrogens is 220 g/mol. The minimum Gasteiger partial charge on any atom is -0.383 e. The van der Waals surface area contributed by atoms with Gasteiger partial charge in [-0.1, -0.05) is 0 Å². The van der Waals surface area contributed by atoms with E-state index >= 15 is 0 Å². The number of hydrogen-bond acceptors (Lipinski definition) is 4. The number of carbonyl (C=O) groups excluding carboxylic acids is 1. The van der Waals surface area contributed by atoms with Gasteiger partial charge in [0.05, 0.1) is 18.8 Å². The maximum Gasteiger partial charge on any atom is 0.236 e. The summed E-state index contributed by atoms with van der Waals surface area (Å²) >= 11 is 0. The highest BCUT2D eigenvalue weighted by atomic mass is 16.5. The molecular formula is C12H24N2O3. The smallest absolute Gasteiger partial charge is 0.236 e. The lowest BCUT2D eigenvalue weighted by atomic mass is 10.1. The van der Waals surface area contributed by atoms with Gasteiger partial charge in [-0.25, -0.2) is 0 Å². The molecule has 3 atom stereocenters. The molecule has 1 aliphatic rings. The van der Waals surface area contributed by atoms with Crippen molar-refractivity contribution in [1.29, 1.82) is 0 Å². The van der Waals surface area contributed by atoms with Crippen molar-refractivity contribution in [2.45, 2.75) is 44.9 Å². The van der Waals surface area contributed by atoms with Crippen LogP contribution in [0.5, 0.6) is 0 Å². The van der Waals surface area contributed by atoms with Gasteiger partial charge in [0.15, 0.2) is 0 Å². The fraction of sp³-hybridized carbons (Fsp3) is 0.917. The lowest BCUT2D eigenvalue weighted by Crippen LogP contribution is -2.49. The van der Waals surface area contributed by atoms with Gasteiger partial charge in [-0.15, -0.1) is 0 Å². The first-order valence-corrected chi connectivity index (χ1v) is 6.29. The Morgan fingerprint density at radius 2 is 2.29 bits per heavy atom. The molecule has 1 rings (SSSR count). The first-order chi connectivity index (χ1) is 8.15. The van der Waals surface area contributed by atoms with Gasteiger partial charge in [0.2, 0.25) is 5.91 Å². The molecule has 2 N–H and O–H groups in total. The van der Waals surface area contributed by atoms with Crippen molar-refractivity contribution < 1.29 is 14.3 Å². The van der Waals surface area contributed by atoms with Gasteiger partial charge in [-0.2, -0.15) is 0 Å². The molecule has 1 heterocycles. The van der Waals surface area contributed by atoms with Crippen LogP contribution in [0.3, 0.4) is 0 Å². The maximum absolute atomic E-state index is 11.7. The van der Waals surface area contributed by atoms with E-state index in [1.165, 1.54) is 0 Å². The highest BCUT2D eigenvalue weighted by Crippen LogP contribution is 2.15. The normalized spacial score (nSPS) is 23.4. The summed E-state index contributed by atoms with van der Waals surface area (Å²) in [5.74, 6) is 0.00639. The van der Waals surface area contributed by atoms with E-state index in [4.69, 9.17) is 9.47 Å². The van der Waals surface area contributed by atoms with E-state index in [-0.39, 0.29) is 24.1 Å². The highest BCUT2D eigenvalue weighted by molar-refractivity contribution is 5.81. The van der Waals surface area contributed by atoms with Gasteiger partial charge in [0, 0.05) is 26.3 Å². The average molecular weight is 244 g/mol. The van der Waals surface area contributed by atoms with Crippen LogP contribution < -0.4 is 10.6 Å². The molecule has 1 amide bonds. The lowest BCUT2D eigenvalue weighted by Gasteiger charge is -2.23. The van der Waals surface area contributed by atoms with Gasteiger partial charge < -0.3 is 20.1 Å². The zero-order valence-corrected chi connectivity index (χ0v) is 11.0. The SMILES string of the molecule is COCCNC(=O)C(C)NC(C)C1CCCO1. The maximum atomic E-state index is 11.7. The highest BCUT2D eigenvalue weighted by Gasteiger charge is 2.24. The number of amides is 1. The van der Waals surface area contributed by atoms with E-state index in [9.17, 15) is 4.79 Å². The molecule has 100 valence electrons. The molecule has 5 heteroatoms. The third-order valence-corrected chi connectivity index (χ3v) is 3.03. The van der Waals surface area contributed by atoms with Gasteiger partial charge in [0.25, 0.3) is 0 Å². The van der Waals surface area contributed by atoms with Crippen molar-refractivity contribution in [3.8, 4) is 0 Å². The summed E-state index contributed by atoms with van der Waals surface area (Å²) in [7, 11) is 1.62. The summed E-state index contributed by atoms with van der Waals surface area (Å²) in [6.07, 6.45) is 2.43. The summed E-state index contributed by atoms with van der Waals surface area (Å²) in [5.41, 5.74) is 0. The van der Waals surface area contributed by atoms with Crippen molar-refractivity contribution in [2.24, 2.45) is 0 Å². The first kappa shape index (κ1) is 14.4. The van der Waals surface area contributed by atoms with E-state index in [0.717, 1.165) is 19.4 Å². The molecule has 0 aromatic carbocycles.